The third kappa shape index (κ3) is 47.4. The molecule has 1 aliphatic rings. The topological polar surface area (TPSA) is 175 Å². The largest absolute Gasteiger partial charge is 0.454 e. The summed E-state index contributed by atoms with van der Waals surface area (Å²) in [5.41, 5.74) is 0. The van der Waals surface area contributed by atoms with Crippen LogP contribution in [0.1, 0.15) is 335 Å². The maximum absolute atomic E-state index is 13.5. The monoisotopic (exact) mass is 1170 g/mol. The van der Waals surface area contributed by atoms with E-state index in [1.807, 2.05) is 6.08 Å². The average Bonchev–Trinajstić information content (AvgIpc) is 3.61. The number of hydrogen-bond donors (Lipinski definition) is 6. The summed E-state index contributed by atoms with van der Waals surface area (Å²) in [7, 11) is 0. The van der Waals surface area contributed by atoms with Gasteiger partial charge in [-0.1, -0.05) is 294 Å². The Bertz CT molecular complexity index is 1540. The molecule has 0 aromatic heterocycles. The zero-order chi connectivity index (χ0) is 60.3. The lowest BCUT2D eigenvalue weighted by atomic mass is 9.99. The van der Waals surface area contributed by atoms with Crippen molar-refractivity contribution in [1.82, 2.24) is 5.32 Å². The van der Waals surface area contributed by atoms with E-state index in [9.17, 15) is 35.1 Å². The van der Waals surface area contributed by atoms with E-state index in [1.165, 1.54) is 218 Å². The number of aliphatic hydroxyl groups excluding tert-OH is 5. The Balaban J connectivity index is 2.55. The van der Waals surface area contributed by atoms with Gasteiger partial charge in [0.1, 0.15) is 24.4 Å². The summed E-state index contributed by atoms with van der Waals surface area (Å²) in [6.07, 6.45) is 64.4. The summed E-state index contributed by atoms with van der Waals surface area (Å²) >= 11 is 0. The number of aliphatic hydroxyl groups is 5. The standard InChI is InChI=1S/C72H133NO10/c1-4-7-10-13-16-19-22-24-26-28-30-32-33-34-36-38-40-42-45-48-51-54-57-60-67(77)83-70-69(79)68(78)66(61-74)82-72(70)81-62-63(64(75)58-55-52-49-46-43-21-18-15-12-9-6-3)73-71(80)65(76)59-56-53-50-47-44-41-39-37-35-31-29-27-25-23-20-17-14-11-8-5-2/h17,20,24-27,55,58,63-66,68-70,72,74-76,78-79H,4-16,18-19,21-23,28-54,56-57,59-62H2,1-3H3,(H,73,80)/b20-17-,26-24+,27-25-,58-55+. The summed E-state index contributed by atoms with van der Waals surface area (Å²) in [5.74, 6) is -1.19. The molecule has 11 nitrogen and oxygen atoms in total. The molecule has 0 bridgehead atoms. The van der Waals surface area contributed by atoms with E-state index < -0.39 is 67.4 Å². The number of amides is 1. The Hall–Kier alpha value is -2.38. The minimum Gasteiger partial charge on any atom is -0.454 e. The second-order valence-corrected chi connectivity index (χ2v) is 24.6. The normalized spacial score (nSPS) is 18.8. The van der Waals surface area contributed by atoms with Crippen molar-refractivity contribution < 1.29 is 49.3 Å². The van der Waals surface area contributed by atoms with E-state index in [2.05, 4.69) is 62.5 Å². The molecule has 0 spiro atoms. The zero-order valence-electron chi connectivity index (χ0n) is 54.1. The van der Waals surface area contributed by atoms with E-state index in [1.54, 1.807) is 6.08 Å². The molecule has 1 rings (SSSR count). The van der Waals surface area contributed by atoms with E-state index in [0.29, 0.717) is 12.8 Å². The van der Waals surface area contributed by atoms with Crippen LogP contribution in [-0.4, -0.2) is 99.6 Å². The fourth-order valence-corrected chi connectivity index (χ4v) is 11.1. The fourth-order valence-electron chi connectivity index (χ4n) is 11.1. The number of rotatable bonds is 61. The van der Waals surface area contributed by atoms with E-state index in [4.69, 9.17) is 14.2 Å². The number of carbonyl (C=O) groups is 2. The van der Waals surface area contributed by atoms with Crippen LogP contribution in [0.15, 0.2) is 48.6 Å². The molecule has 6 N–H and O–H groups in total. The number of hydrogen-bond acceptors (Lipinski definition) is 10. The summed E-state index contributed by atoms with van der Waals surface area (Å²) in [4.78, 5) is 26.7. The first-order valence-corrected chi connectivity index (χ1v) is 35.4. The van der Waals surface area contributed by atoms with Crippen LogP contribution in [-0.2, 0) is 23.8 Å². The van der Waals surface area contributed by atoms with E-state index in [-0.39, 0.29) is 19.4 Å². The van der Waals surface area contributed by atoms with Gasteiger partial charge in [0.05, 0.1) is 25.4 Å². The van der Waals surface area contributed by atoms with Gasteiger partial charge in [0.25, 0.3) is 0 Å². The van der Waals surface area contributed by atoms with E-state index >= 15 is 0 Å². The van der Waals surface area contributed by atoms with Crippen molar-refractivity contribution in [3.8, 4) is 0 Å². The summed E-state index contributed by atoms with van der Waals surface area (Å²) in [6, 6.07) is -1.02. The average molecular weight is 1170 g/mol. The van der Waals surface area contributed by atoms with Crippen LogP contribution in [0.25, 0.3) is 0 Å². The predicted molar refractivity (Wildman–Crippen MR) is 347 cm³/mol. The number of unbranched alkanes of at least 4 members (excludes halogenated alkanes) is 41. The Morgan fingerprint density at radius 3 is 1.27 bits per heavy atom. The SMILES string of the molecule is CCCCC/C=C\C/C=C\CCCCCCCCCCCCC(O)C(=O)NC(COC1OC(CO)C(O)C(O)C1OC(=O)CCCCCCCCCCCCCCC/C=C/CCCCCCCC)C(O)/C=C/CCCCCCCCCCC. The number of ether oxygens (including phenoxy) is 3. The molecule has 1 amide bonds. The predicted octanol–water partition coefficient (Wildman–Crippen LogP) is 18.0. The molecule has 11 heteroatoms. The van der Waals surface area contributed by atoms with Crippen molar-refractivity contribution in [1.29, 1.82) is 0 Å². The van der Waals surface area contributed by atoms with Gasteiger partial charge in [-0.05, 0) is 83.5 Å². The van der Waals surface area contributed by atoms with Crippen LogP contribution < -0.4 is 5.32 Å². The van der Waals surface area contributed by atoms with Crippen LogP contribution in [0.5, 0.6) is 0 Å². The lowest BCUT2D eigenvalue weighted by molar-refractivity contribution is -0.305. The first-order valence-electron chi connectivity index (χ1n) is 35.4. The summed E-state index contributed by atoms with van der Waals surface area (Å²) < 4.78 is 17.7. The van der Waals surface area contributed by atoms with Gasteiger partial charge in [0, 0.05) is 6.42 Å². The molecule has 1 aliphatic heterocycles. The fraction of sp³-hybridized carbons (Fsp3) is 0.861. The Morgan fingerprint density at radius 2 is 0.831 bits per heavy atom. The molecule has 0 saturated carbocycles. The lowest BCUT2D eigenvalue weighted by Crippen LogP contribution is -2.61. The molecule has 0 radical (unpaired) electrons. The van der Waals surface area contributed by atoms with Gasteiger partial charge < -0.3 is 45.1 Å². The molecule has 1 heterocycles. The minimum atomic E-state index is -1.61. The van der Waals surface area contributed by atoms with Gasteiger partial charge in [0.15, 0.2) is 12.4 Å². The zero-order valence-corrected chi connectivity index (χ0v) is 54.1. The van der Waals surface area contributed by atoms with Crippen molar-refractivity contribution in [2.45, 2.75) is 384 Å². The maximum Gasteiger partial charge on any atom is 0.306 e. The third-order valence-corrected chi connectivity index (χ3v) is 16.7. The lowest BCUT2D eigenvalue weighted by Gasteiger charge is -2.41. The van der Waals surface area contributed by atoms with Crippen LogP contribution in [0, 0.1) is 0 Å². The first-order chi connectivity index (χ1) is 40.7. The minimum absolute atomic E-state index is 0.126. The number of carbonyl (C=O) groups excluding carboxylic acids is 2. The Labute approximate surface area is 510 Å². The second-order valence-electron chi connectivity index (χ2n) is 24.6. The second kappa shape index (κ2) is 59.9. The van der Waals surface area contributed by atoms with Crippen molar-refractivity contribution >= 4 is 11.9 Å². The smallest absolute Gasteiger partial charge is 0.306 e. The molecule has 0 aliphatic carbocycles. The molecule has 0 aromatic carbocycles. The molecule has 8 unspecified atom stereocenters. The molecule has 0 aromatic rings. The van der Waals surface area contributed by atoms with Crippen molar-refractivity contribution in [3.05, 3.63) is 48.6 Å². The van der Waals surface area contributed by atoms with Crippen molar-refractivity contribution in [2.24, 2.45) is 0 Å². The molecule has 83 heavy (non-hydrogen) atoms. The Morgan fingerprint density at radius 1 is 0.470 bits per heavy atom. The quantitative estimate of drug-likeness (QED) is 0.0195. The van der Waals surface area contributed by atoms with Gasteiger partial charge in [-0.3, -0.25) is 9.59 Å². The van der Waals surface area contributed by atoms with Crippen LogP contribution >= 0.6 is 0 Å². The molecular weight excluding hydrogens is 1040 g/mol. The molecule has 486 valence electrons. The highest BCUT2D eigenvalue weighted by atomic mass is 16.7. The number of nitrogens with one attached hydrogen (secondary N) is 1. The molecule has 1 saturated heterocycles. The molecule has 1 fully saturated rings. The highest BCUT2D eigenvalue weighted by Gasteiger charge is 2.47. The third-order valence-electron chi connectivity index (χ3n) is 16.7. The van der Waals surface area contributed by atoms with Crippen molar-refractivity contribution in [3.63, 3.8) is 0 Å². The van der Waals surface area contributed by atoms with Gasteiger partial charge in [-0.2, -0.15) is 0 Å². The van der Waals surface area contributed by atoms with Crippen molar-refractivity contribution in [2.75, 3.05) is 13.2 Å². The van der Waals surface area contributed by atoms with Gasteiger partial charge in [0.2, 0.25) is 5.91 Å². The van der Waals surface area contributed by atoms with Gasteiger partial charge in [-0.25, -0.2) is 0 Å². The Kier molecular flexibility index (Phi) is 56.8. The molecular formula is C72H133NO10. The van der Waals surface area contributed by atoms with Crippen LogP contribution in [0.3, 0.4) is 0 Å². The van der Waals surface area contributed by atoms with Crippen LogP contribution in [0.4, 0.5) is 0 Å². The van der Waals surface area contributed by atoms with E-state index in [0.717, 1.165) is 70.6 Å². The highest BCUT2D eigenvalue weighted by molar-refractivity contribution is 5.80. The summed E-state index contributed by atoms with van der Waals surface area (Å²) in [5, 5.41) is 57.2. The van der Waals surface area contributed by atoms with Gasteiger partial charge in [-0.15, -0.1) is 0 Å². The number of esters is 1. The van der Waals surface area contributed by atoms with Gasteiger partial charge >= 0.3 is 5.97 Å². The highest BCUT2D eigenvalue weighted by Crippen LogP contribution is 2.26. The molecule has 8 atom stereocenters. The first kappa shape index (κ1) is 78.6. The summed E-state index contributed by atoms with van der Waals surface area (Å²) in [6.45, 7) is 5.80. The number of allylic oxidation sites excluding steroid dienone is 7. The van der Waals surface area contributed by atoms with Crippen LogP contribution in [0.2, 0.25) is 0 Å². The maximum atomic E-state index is 13.5.